The van der Waals surface area contributed by atoms with Gasteiger partial charge in [0.2, 0.25) is 0 Å². The van der Waals surface area contributed by atoms with Crippen molar-refractivity contribution >= 4 is 5.57 Å². The Morgan fingerprint density at radius 1 is 1.21 bits per heavy atom. The molecule has 0 saturated heterocycles. The number of rotatable bonds is 0. The van der Waals surface area contributed by atoms with Gasteiger partial charge in [-0.05, 0) is 35.1 Å². The molecule has 1 heteroatoms. The molecule has 0 radical (unpaired) electrons. The fourth-order valence-corrected chi connectivity index (χ4v) is 2.41. The van der Waals surface area contributed by atoms with E-state index in [1.54, 1.807) is 0 Å². The second-order valence-corrected chi connectivity index (χ2v) is 4.02. The lowest BCUT2D eigenvalue weighted by atomic mass is 9.94. The van der Waals surface area contributed by atoms with E-state index >= 15 is 0 Å². The minimum Gasteiger partial charge on any atom is -0.324 e. The highest BCUT2D eigenvalue weighted by Gasteiger charge is 2.24. The van der Waals surface area contributed by atoms with Gasteiger partial charge in [0.1, 0.15) is 0 Å². The monoisotopic (exact) mass is 183 g/mol. The summed E-state index contributed by atoms with van der Waals surface area (Å²) in [6.45, 7) is 0. The zero-order chi connectivity index (χ0) is 9.54. The summed E-state index contributed by atoms with van der Waals surface area (Å²) in [6, 6.07) is 8.84. The Balaban J connectivity index is 2.17. The van der Waals surface area contributed by atoms with Crippen LogP contribution >= 0.6 is 0 Å². The average Bonchev–Trinajstić information content (AvgIpc) is 2.59. The molecule has 1 aromatic rings. The third-order valence-electron chi connectivity index (χ3n) is 3.16. The number of nitrogens with two attached hydrogens (primary N) is 1. The highest BCUT2D eigenvalue weighted by molar-refractivity contribution is 5.84. The normalized spacial score (nSPS) is 23.6. The van der Waals surface area contributed by atoms with E-state index < -0.39 is 0 Å². The van der Waals surface area contributed by atoms with Gasteiger partial charge < -0.3 is 5.73 Å². The molecule has 2 aliphatic rings. The standard InChI is InChI=1S/C13H13N/c14-13-7-3-6-11-10-5-2-1-4-9(10)8-12(11)13/h1-6,13H,7-8,14H2. The van der Waals surface area contributed by atoms with Gasteiger partial charge in [0.25, 0.3) is 0 Å². The van der Waals surface area contributed by atoms with E-state index in [1.807, 2.05) is 0 Å². The Morgan fingerprint density at radius 3 is 3.00 bits per heavy atom. The molecule has 2 N–H and O–H groups in total. The van der Waals surface area contributed by atoms with Crippen molar-refractivity contribution in [2.75, 3.05) is 0 Å². The summed E-state index contributed by atoms with van der Waals surface area (Å²) in [7, 11) is 0. The van der Waals surface area contributed by atoms with Crippen LogP contribution in [0.5, 0.6) is 0 Å². The smallest absolute Gasteiger partial charge is 0.0301 e. The van der Waals surface area contributed by atoms with Crippen LogP contribution in [0.15, 0.2) is 42.0 Å². The lowest BCUT2D eigenvalue weighted by Crippen LogP contribution is -2.23. The third-order valence-corrected chi connectivity index (χ3v) is 3.16. The van der Waals surface area contributed by atoms with E-state index in [1.165, 1.54) is 22.3 Å². The number of fused-ring (bicyclic) bond motifs is 2. The van der Waals surface area contributed by atoms with E-state index in [4.69, 9.17) is 5.73 Å². The van der Waals surface area contributed by atoms with Gasteiger partial charge in [0, 0.05) is 6.04 Å². The summed E-state index contributed by atoms with van der Waals surface area (Å²) >= 11 is 0. The van der Waals surface area contributed by atoms with Crippen molar-refractivity contribution in [2.24, 2.45) is 5.73 Å². The Labute approximate surface area is 83.9 Å². The number of hydrogen-bond acceptors (Lipinski definition) is 1. The van der Waals surface area contributed by atoms with Gasteiger partial charge in [-0.3, -0.25) is 0 Å². The highest BCUT2D eigenvalue weighted by atomic mass is 14.6. The van der Waals surface area contributed by atoms with Gasteiger partial charge in [-0.15, -0.1) is 0 Å². The van der Waals surface area contributed by atoms with Gasteiger partial charge in [0.05, 0.1) is 0 Å². The molecule has 1 unspecified atom stereocenters. The molecule has 0 fully saturated rings. The van der Waals surface area contributed by atoms with E-state index in [-0.39, 0.29) is 6.04 Å². The molecule has 1 nitrogen and oxygen atoms in total. The van der Waals surface area contributed by atoms with Crippen LogP contribution in [0.4, 0.5) is 0 Å². The van der Waals surface area contributed by atoms with Gasteiger partial charge in [-0.25, -0.2) is 0 Å². The Morgan fingerprint density at radius 2 is 2.07 bits per heavy atom. The summed E-state index contributed by atoms with van der Waals surface area (Å²) in [5, 5.41) is 0. The summed E-state index contributed by atoms with van der Waals surface area (Å²) in [5.41, 5.74) is 11.7. The fraction of sp³-hybridized carbons (Fsp3) is 0.231. The molecule has 0 aromatic heterocycles. The van der Waals surface area contributed by atoms with Crippen LogP contribution in [0, 0.1) is 0 Å². The quantitative estimate of drug-likeness (QED) is 0.656. The van der Waals surface area contributed by atoms with Crippen molar-refractivity contribution < 1.29 is 0 Å². The minimum atomic E-state index is 0.238. The minimum absolute atomic E-state index is 0.238. The molecular formula is C13H13N. The zero-order valence-corrected chi connectivity index (χ0v) is 8.03. The number of hydrogen-bond donors (Lipinski definition) is 1. The largest absolute Gasteiger partial charge is 0.324 e. The van der Waals surface area contributed by atoms with Gasteiger partial charge >= 0.3 is 0 Å². The first kappa shape index (κ1) is 8.01. The lowest BCUT2D eigenvalue weighted by Gasteiger charge is -2.16. The molecule has 0 saturated carbocycles. The molecule has 1 aromatic carbocycles. The van der Waals surface area contributed by atoms with Crippen LogP contribution in [-0.2, 0) is 6.42 Å². The molecule has 0 bridgehead atoms. The van der Waals surface area contributed by atoms with Crippen molar-refractivity contribution in [1.82, 2.24) is 0 Å². The summed E-state index contributed by atoms with van der Waals surface area (Å²) in [4.78, 5) is 0. The predicted octanol–water partition coefficient (Wildman–Crippen LogP) is 2.28. The fourth-order valence-electron chi connectivity index (χ4n) is 2.41. The molecule has 0 heterocycles. The molecule has 2 aliphatic carbocycles. The van der Waals surface area contributed by atoms with E-state index in [2.05, 4.69) is 36.4 Å². The SMILES string of the molecule is NC1CC=CC2=C1Cc1ccccc12. The summed E-state index contributed by atoms with van der Waals surface area (Å²) in [5.74, 6) is 0. The van der Waals surface area contributed by atoms with Crippen LogP contribution in [0.1, 0.15) is 17.5 Å². The maximum absolute atomic E-state index is 6.09. The molecule has 0 aliphatic heterocycles. The first-order chi connectivity index (χ1) is 6.86. The average molecular weight is 183 g/mol. The Kier molecular flexibility index (Phi) is 1.62. The first-order valence-electron chi connectivity index (χ1n) is 5.09. The van der Waals surface area contributed by atoms with Crippen LogP contribution in [0.3, 0.4) is 0 Å². The van der Waals surface area contributed by atoms with Crippen molar-refractivity contribution in [1.29, 1.82) is 0 Å². The number of benzene rings is 1. The van der Waals surface area contributed by atoms with Gasteiger partial charge in [-0.1, -0.05) is 36.4 Å². The van der Waals surface area contributed by atoms with E-state index in [0.29, 0.717) is 0 Å². The molecule has 14 heavy (non-hydrogen) atoms. The maximum Gasteiger partial charge on any atom is 0.0301 e. The lowest BCUT2D eigenvalue weighted by molar-refractivity contribution is 0.762. The topological polar surface area (TPSA) is 26.0 Å². The number of allylic oxidation sites excluding steroid dienone is 2. The van der Waals surface area contributed by atoms with Crippen molar-refractivity contribution in [3.8, 4) is 0 Å². The highest BCUT2D eigenvalue weighted by Crippen LogP contribution is 2.37. The van der Waals surface area contributed by atoms with Crippen LogP contribution in [0.25, 0.3) is 5.57 Å². The molecule has 70 valence electrons. The van der Waals surface area contributed by atoms with Crippen molar-refractivity contribution in [2.45, 2.75) is 18.9 Å². The van der Waals surface area contributed by atoms with E-state index in [0.717, 1.165) is 12.8 Å². The van der Waals surface area contributed by atoms with Crippen LogP contribution in [-0.4, -0.2) is 6.04 Å². The Bertz CT molecular complexity index is 440. The maximum atomic E-state index is 6.09. The van der Waals surface area contributed by atoms with Crippen molar-refractivity contribution in [3.63, 3.8) is 0 Å². The second kappa shape index (κ2) is 2.82. The second-order valence-electron chi connectivity index (χ2n) is 4.02. The Hall–Kier alpha value is -1.34. The molecule has 3 rings (SSSR count). The summed E-state index contributed by atoms with van der Waals surface area (Å²) in [6.07, 6.45) is 6.46. The third kappa shape index (κ3) is 0.992. The summed E-state index contributed by atoms with van der Waals surface area (Å²) < 4.78 is 0. The van der Waals surface area contributed by atoms with Gasteiger partial charge in [-0.2, -0.15) is 0 Å². The van der Waals surface area contributed by atoms with Crippen molar-refractivity contribution in [3.05, 3.63) is 53.1 Å². The van der Waals surface area contributed by atoms with Gasteiger partial charge in [0.15, 0.2) is 0 Å². The molecular weight excluding hydrogens is 170 g/mol. The molecule has 0 amide bonds. The molecule has 0 spiro atoms. The predicted molar refractivity (Wildman–Crippen MR) is 58.8 cm³/mol. The zero-order valence-electron chi connectivity index (χ0n) is 8.03. The van der Waals surface area contributed by atoms with Crippen LogP contribution in [0.2, 0.25) is 0 Å². The van der Waals surface area contributed by atoms with Crippen LogP contribution < -0.4 is 5.73 Å². The molecule has 1 atom stereocenters. The van der Waals surface area contributed by atoms with E-state index in [9.17, 15) is 0 Å². The first-order valence-corrected chi connectivity index (χ1v) is 5.09.